The Labute approximate surface area is 118 Å². The van der Waals surface area contributed by atoms with Crippen LogP contribution < -0.4 is 14.2 Å². The highest BCUT2D eigenvalue weighted by Gasteiger charge is 2.18. The SMILES string of the molecule is COc1cc(/C=C(/C(C)C)[N+](=O)[O-])cc(OC)c1OC. The number of nitrogens with zero attached hydrogens (tertiary/aromatic N) is 1. The minimum Gasteiger partial charge on any atom is -0.493 e. The summed E-state index contributed by atoms with van der Waals surface area (Å²) in [6, 6.07) is 3.35. The third-order valence-corrected chi connectivity index (χ3v) is 2.80. The summed E-state index contributed by atoms with van der Waals surface area (Å²) in [4.78, 5) is 10.6. The van der Waals surface area contributed by atoms with Crippen molar-refractivity contribution in [2.75, 3.05) is 21.3 Å². The van der Waals surface area contributed by atoms with E-state index in [4.69, 9.17) is 14.2 Å². The number of ether oxygens (including phenoxy) is 3. The van der Waals surface area contributed by atoms with Gasteiger partial charge >= 0.3 is 0 Å². The number of benzene rings is 1. The van der Waals surface area contributed by atoms with E-state index in [1.54, 1.807) is 26.0 Å². The van der Waals surface area contributed by atoms with Gasteiger partial charge in [-0.05, 0) is 17.7 Å². The fraction of sp³-hybridized carbons (Fsp3) is 0.429. The molecule has 0 bridgehead atoms. The number of methoxy groups -OCH3 is 3. The zero-order chi connectivity index (χ0) is 15.3. The first-order valence-electron chi connectivity index (χ1n) is 6.10. The predicted molar refractivity (Wildman–Crippen MR) is 75.9 cm³/mol. The van der Waals surface area contributed by atoms with Crippen molar-refractivity contribution in [3.05, 3.63) is 33.5 Å². The Morgan fingerprint density at radius 3 is 1.95 bits per heavy atom. The topological polar surface area (TPSA) is 70.8 Å². The summed E-state index contributed by atoms with van der Waals surface area (Å²) in [6.45, 7) is 3.54. The lowest BCUT2D eigenvalue weighted by Gasteiger charge is -2.13. The molecule has 0 fully saturated rings. The van der Waals surface area contributed by atoms with Crippen molar-refractivity contribution in [3.63, 3.8) is 0 Å². The number of hydrogen-bond acceptors (Lipinski definition) is 5. The average molecular weight is 281 g/mol. The molecule has 0 aliphatic rings. The Morgan fingerprint density at radius 2 is 1.65 bits per heavy atom. The molecule has 0 atom stereocenters. The van der Waals surface area contributed by atoms with Crippen LogP contribution in [0.3, 0.4) is 0 Å². The Kier molecular flexibility index (Phi) is 5.37. The van der Waals surface area contributed by atoms with E-state index in [1.165, 1.54) is 27.4 Å². The van der Waals surface area contributed by atoms with Crippen LogP contribution in [-0.2, 0) is 0 Å². The van der Waals surface area contributed by atoms with E-state index in [9.17, 15) is 10.1 Å². The Balaban J connectivity index is 3.39. The molecule has 6 nitrogen and oxygen atoms in total. The zero-order valence-corrected chi connectivity index (χ0v) is 12.3. The van der Waals surface area contributed by atoms with Crippen LogP contribution in [0.5, 0.6) is 17.2 Å². The Morgan fingerprint density at radius 1 is 1.15 bits per heavy atom. The quantitative estimate of drug-likeness (QED) is 0.592. The van der Waals surface area contributed by atoms with Crippen molar-refractivity contribution in [1.29, 1.82) is 0 Å². The summed E-state index contributed by atoms with van der Waals surface area (Å²) in [5.41, 5.74) is 0.749. The molecule has 110 valence electrons. The highest BCUT2D eigenvalue weighted by atomic mass is 16.6. The summed E-state index contributed by atoms with van der Waals surface area (Å²) >= 11 is 0. The molecule has 0 aliphatic heterocycles. The van der Waals surface area contributed by atoms with Gasteiger partial charge < -0.3 is 14.2 Å². The second kappa shape index (κ2) is 6.79. The van der Waals surface area contributed by atoms with Gasteiger partial charge in [-0.3, -0.25) is 10.1 Å². The molecule has 0 aromatic heterocycles. The Hall–Kier alpha value is -2.24. The zero-order valence-electron chi connectivity index (χ0n) is 12.3. The smallest absolute Gasteiger partial charge is 0.249 e. The molecule has 20 heavy (non-hydrogen) atoms. The highest BCUT2D eigenvalue weighted by Crippen LogP contribution is 2.38. The van der Waals surface area contributed by atoms with Gasteiger partial charge in [0.05, 0.1) is 26.3 Å². The number of nitro groups is 1. The number of allylic oxidation sites excluding steroid dienone is 1. The first-order valence-corrected chi connectivity index (χ1v) is 6.10. The maximum absolute atomic E-state index is 11.0. The predicted octanol–water partition coefficient (Wildman–Crippen LogP) is 2.99. The van der Waals surface area contributed by atoms with Crippen molar-refractivity contribution < 1.29 is 19.1 Å². The van der Waals surface area contributed by atoms with Crippen molar-refractivity contribution in [2.45, 2.75) is 13.8 Å². The van der Waals surface area contributed by atoms with Crippen molar-refractivity contribution in [1.82, 2.24) is 0 Å². The molecule has 0 aliphatic carbocycles. The van der Waals surface area contributed by atoms with Gasteiger partial charge in [-0.25, -0.2) is 0 Å². The molecule has 0 saturated carbocycles. The van der Waals surface area contributed by atoms with Gasteiger partial charge in [0.1, 0.15) is 0 Å². The fourth-order valence-corrected chi connectivity index (χ4v) is 1.79. The van der Waals surface area contributed by atoms with E-state index in [0.29, 0.717) is 22.8 Å². The van der Waals surface area contributed by atoms with Gasteiger partial charge in [0.15, 0.2) is 11.5 Å². The summed E-state index contributed by atoms with van der Waals surface area (Å²) in [6.07, 6.45) is 1.51. The number of hydrogen-bond donors (Lipinski definition) is 0. The van der Waals surface area contributed by atoms with Crippen LogP contribution >= 0.6 is 0 Å². The standard InChI is InChI=1S/C14H19NO5/c1-9(2)11(15(16)17)6-10-7-12(18-3)14(20-5)13(8-10)19-4/h6-9H,1-5H3/b11-6-. The molecule has 0 spiro atoms. The lowest BCUT2D eigenvalue weighted by Crippen LogP contribution is -2.05. The van der Waals surface area contributed by atoms with Gasteiger partial charge in [-0.1, -0.05) is 13.8 Å². The van der Waals surface area contributed by atoms with Crippen molar-refractivity contribution in [2.24, 2.45) is 5.92 Å². The second-order valence-corrected chi connectivity index (χ2v) is 4.44. The van der Waals surface area contributed by atoms with E-state index in [-0.39, 0.29) is 16.5 Å². The van der Waals surface area contributed by atoms with Crippen LogP contribution in [0.4, 0.5) is 0 Å². The van der Waals surface area contributed by atoms with Gasteiger partial charge in [0.25, 0.3) is 0 Å². The monoisotopic (exact) mass is 281 g/mol. The molecule has 6 heteroatoms. The van der Waals surface area contributed by atoms with Gasteiger partial charge in [0.2, 0.25) is 11.4 Å². The first kappa shape index (κ1) is 15.8. The third-order valence-electron chi connectivity index (χ3n) is 2.80. The molecule has 0 amide bonds. The van der Waals surface area contributed by atoms with Crippen LogP contribution in [0.15, 0.2) is 17.8 Å². The van der Waals surface area contributed by atoms with Crippen LogP contribution in [0.25, 0.3) is 6.08 Å². The molecule has 0 radical (unpaired) electrons. The fourth-order valence-electron chi connectivity index (χ4n) is 1.79. The largest absolute Gasteiger partial charge is 0.493 e. The molecule has 1 aromatic carbocycles. The van der Waals surface area contributed by atoms with E-state index in [1.807, 2.05) is 0 Å². The molecule has 1 rings (SSSR count). The maximum atomic E-state index is 11.0. The molecule has 0 N–H and O–H groups in total. The van der Waals surface area contributed by atoms with E-state index < -0.39 is 0 Å². The summed E-state index contributed by atoms with van der Waals surface area (Å²) in [5, 5.41) is 11.0. The van der Waals surface area contributed by atoms with Crippen LogP contribution in [-0.4, -0.2) is 26.3 Å². The molecular formula is C14H19NO5. The van der Waals surface area contributed by atoms with Gasteiger partial charge in [-0.15, -0.1) is 0 Å². The third kappa shape index (κ3) is 3.40. The first-order chi connectivity index (χ1) is 9.44. The summed E-state index contributed by atoms with van der Waals surface area (Å²) < 4.78 is 15.6. The number of rotatable bonds is 6. The average Bonchev–Trinajstić information content (AvgIpc) is 2.42. The summed E-state index contributed by atoms with van der Waals surface area (Å²) in [7, 11) is 4.51. The normalized spacial score (nSPS) is 11.4. The molecule has 0 unspecified atom stereocenters. The molecule has 1 aromatic rings. The molecule has 0 saturated heterocycles. The Bertz CT molecular complexity index is 497. The maximum Gasteiger partial charge on any atom is 0.249 e. The minimum absolute atomic E-state index is 0.124. The molecular weight excluding hydrogens is 262 g/mol. The van der Waals surface area contributed by atoms with E-state index in [2.05, 4.69) is 0 Å². The highest BCUT2D eigenvalue weighted by molar-refractivity contribution is 5.62. The van der Waals surface area contributed by atoms with Crippen LogP contribution in [0.2, 0.25) is 0 Å². The van der Waals surface area contributed by atoms with Crippen molar-refractivity contribution in [3.8, 4) is 17.2 Å². The van der Waals surface area contributed by atoms with Crippen LogP contribution in [0, 0.1) is 16.0 Å². The van der Waals surface area contributed by atoms with E-state index in [0.717, 1.165) is 0 Å². The lowest BCUT2D eigenvalue weighted by molar-refractivity contribution is -0.431. The van der Waals surface area contributed by atoms with Crippen LogP contribution in [0.1, 0.15) is 19.4 Å². The van der Waals surface area contributed by atoms with E-state index >= 15 is 0 Å². The van der Waals surface area contributed by atoms with Gasteiger partial charge in [0, 0.05) is 12.0 Å². The van der Waals surface area contributed by atoms with Crippen molar-refractivity contribution >= 4 is 6.08 Å². The lowest BCUT2D eigenvalue weighted by atomic mass is 10.1. The summed E-state index contributed by atoms with van der Waals surface area (Å²) in [5.74, 6) is 1.19. The molecule has 0 heterocycles. The minimum atomic E-state index is -0.381. The van der Waals surface area contributed by atoms with Gasteiger partial charge in [-0.2, -0.15) is 0 Å². The second-order valence-electron chi connectivity index (χ2n) is 4.44.